The van der Waals surface area contributed by atoms with E-state index >= 15 is 0 Å². The molecule has 0 heterocycles. The van der Waals surface area contributed by atoms with Crippen LogP contribution in [-0.2, 0) is 23.8 Å². The fourth-order valence-electron chi connectivity index (χ4n) is 0.911. The summed E-state index contributed by atoms with van der Waals surface area (Å²) in [6.45, 7) is 2.80. The van der Waals surface area contributed by atoms with Crippen molar-refractivity contribution < 1.29 is 32.0 Å². The molecule has 0 rings (SSSR count). The van der Waals surface area contributed by atoms with Crippen molar-refractivity contribution in [3.05, 3.63) is 12.7 Å². The molecule has 0 aromatic carbocycles. The van der Waals surface area contributed by atoms with Gasteiger partial charge < -0.3 is 15.2 Å². The molecule has 0 saturated heterocycles. The van der Waals surface area contributed by atoms with Gasteiger partial charge in [0.2, 0.25) is 0 Å². The van der Waals surface area contributed by atoms with E-state index < -0.39 is 41.3 Å². The average Bonchev–Trinajstić information content (AvgIpc) is 2.21. The Balaban J connectivity index is 4.34. The number of hydrogen-bond acceptors (Lipinski definition) is 6. The van der Waals surface area contributed by atoms with Gasteiger partial charge in [0.25, 0.3) is 10.1 Å². The van der Waals surface area contributed by atoms with Crippen LogP contribution in [0.2, 0.25) is 0 Å². The smallest absolute Gasteiger partial charge is 0.407 e. The van der Waals surface area contributed by atoms with E-state index in [4.69, 9.17) is 5.11 Å². The lowest BCUT2D eigenvalue weighted by atomic mass is 10.2. The van der Waals surface area contributed by atoms with Crippen LogP contribution < -0.4 is 5.32 Å². The van der Waals surface area contributed by atoms with Crippen molar-refractivity contribution >= 4 is 22.2 Å². The van der Waals surface area contributed by atoms with Gasteiger partial charge in [0, 0.05) is 0 Å². The molecule has 0 aliphatic rings. The van der Waals surface area contributed by atoms with Gasteiger partial charge in [-0.05, 0) is 0 Å². The zero-order valence-corrected chi connectivity index (χ0v) is 10.6. The van der Waals surface area contributed by atoms with Crippen LogP contribution in [0.25, 0.3) is 0 Å². The Labute approximate surface area is 105 Å². The average molecular weight is 281 g/mol. The molecular formula is C9H15NO7S. The second kappa shape index (κ2) is 7.67. The Morgan fingerprint density at radius 2 is 2.11 bits per heavy atom. The van der Waals surface area contributed by atoms with E-state index in [-0.39, 0.29) is 6.61 Å². The van der Waals surface area contributed by atoms with Crippen molar-refractivity contribution in [3.63, 3.8) is 0 Å². The quantitative estimate of drug-likeness (QED) is 0.463. The Kier molecular flexibility index (Phi) is 6.98. The Morgan fingerprint density at radius 3 is 2.56 bits per heavy atom. The first-order valence-electron chi connectivity index (χ1n) is 4.85. The SMILES string of the molecule is C=CCOC(=O)N[C@H](COS(C)(=O)=O)CC(=O)O. The van der Waals surface area contributed by atoms with Crippen LogP contribution in [0.5, 0.6) is 0 Å². The first-order valence-corrected chi connectivity index (χ1v) is 6.66. The molecule has 0 saturated carbocycles. The number of ether oxygens (including phenoxy) is 1. The normalized spacial score (nSPS) is 12.5. The van der Waals surface area contributed by atoms with Gasteiger partial charge in [-0.1, -0.05) is 12.7 Å². The molecule has 8 nitrogen and oxygen atoms in total. The highest BCUT2D eigenvalue weighted by Crippen LogP contribution is 1.98. The van der Waals surface area contributed by atoms with Crippen LogP contribution in [0.1, 0.15) is 6.42 Å². The van der Waals surface area contributed by atoms with E-state index in [9.17, 15) is 18.0 Å². The maximum absolute atomic E-state index is 11.1. The second-order valence-electron chi connectivity index (χ2n) is 3.31. The summed E-state index contributed by atoms with van der Waals surface area (Å²) in [5, 5.41) is 10.8. The van der Waals surface area contributed by atoms with Crippen LogP contribution in [0.15, 0.2) is 12.7 Å². The van der Waals surface area contributed by atoms with E-state index in [2.05, 4.69) is 20.8 Å². The maximum Gasteiger partial charge on any atom is 0.407 e. The van der Waals surface area contributed by atoms with E-state index in [1.165, 1.54) is 6.08 Å². The van der Waals surface area contributed by atoms with Gasteiger partial charge in [-0.25, -0.2) is 4.79 Å². The summed E-state index contributed by atoms with van der Waals surface area (Å²) in [5.41, 5.74) is 0. The van der Waals surface area contributed by atoms with Crippen molar-refractivity contribution in [2.24, 2.45) is 0 Å². The van der Waals surface area contributed by atoms with Gasteiger partial charge in [-0.2, -0.15) is 8.42 Å². The van der Waals surface area contributed by atoms with Crippen molar-refractivity contribution in [2.45, 2.75) is 12.5 Å². The predicted octanol–water partition coefficient (Wildman–Crippen LogP) is -0.282. The van der Waals surface area contributed by atoms with E-state index in [1.807, 2.05) is 0 Å². The number of hydrogen-bond donors (Lipinski definition) is 2. The summed E-state index contributed by atoms with van der Waals surface area (Å²) in [7, 11) is -3.71. The van der Waals surface area contributed by atoms with Crippen molar-refractivity contribution in [2.75, 3.05) is 19.5 Å². The number of carboxylic acids is 1. The molecule has 0 aliphatic heterocycles. The van der Waals surface area contributed by atoms with Gasteiger partial charge in [0.15, 0.2) is 0 Å². The third-order valence-electron chi connectivity index (χ3n) is 1.56. The summed E-state index contributed by atoms with van der Waals surface area (Å²) in [4.78, 5) is 21.7. The zero-order chi connectivity index (χ0) is 14.2. The predicted molar refractivity (Wildman–Crippen MR) is 61.5 cm³/mol. The lowest BCUT2D eigenvalue weighted by Crippen LogP contribution is -2.40. The molecule has 0 aromatic rings. The first kappa shape index (κ1) is 16.4. The largest absolute Gasteiger partial charge is 0.481 e. The highest BCUT2D eigenvalue weighted by atomic mass is 32.2. The van der Waals surface area contributed by atoms with Crippen LogP contribution >= 0.6 is 0 Å². The molecule has 0 unspecified atom stereocenters. The summed E-state index contributed by atoms with van der Waals surface area (Å²) in [5.74, 6) is -1.21. The lowest BCUT2D eigenvalue weighted by Gasteiger charge is -2.15. The second-order valence-corrected chi connectivity index (χ2v) is 4.96. The van der Waals surface area contributed by atoms with E-state index in [1.54, 1.807) is 0 Å². The minimum Gasteiger partial charge on any atom is -0.481 e. The van der Waals surface area contributed by atoms with Crippen molar-refractivity contribution in [3.8, 4) is 0 Å². The Hall–Kier alpha value is -1.61. The molecular weight excluding hydrogens is 266 g/mol. The van der Waals surface area contributed by atoms with Gasteiger partial charge in [0.1, 0.15) is 6.61 Å². The highest BCUT2D eigenvalue weighted by Gasteiger charge is 2.19. The topological polar surface area (TPSA) is 119 Å². The summed E-state index contributed by atoms with van der Waals surface area (Å²) in [6, 6.07) is -1.01. The van der Waals surface area contributed by atoms with Gasteiger partial charge >= 0.3 is 12.1 Å². The Morgan fingerprint density at radius 1 is 1.50 bits per heavy atom. The molecule has 0 bridgehead atoms. The van der Waals surface area contributed by atoms with Crippen LogP contribution in [-0.4, -0.2) is 51.1 Å². The standard InChI is InChI=1S/C9H15NO7S/c1-3-4-16-9(13)10-7(5-8(11)12)6-17-18(2,14)15/h3,7H,1,4-6H2,2H3,(H,10,13)(H,11,12)/t7-/m0/s1. The number of rotatable bonds is 8. The molecule has 104 valence electrons. The zero-order valence-electron chi connectivity index (χ0n) is 9.79. The van der Waals surface area contributed by atoms with Gasteiger partial charge in [-0.3, -0.25) is 8.98 Å². The molecule has 0 radical (unpaired) electrons. The molecule has 0 fully saturated rings. The number of carboxylic acid groups (broad SMARTS) is 1. The number of nitrogens with one attached hydrogen (secondary N) is 1. The van der Waals surface area contributed by atoms with Gasteiger partial charge in [-0.15, -0.1) is 0 Å². The van der Waals surface area contributed by atoms with Crippen molar-refractivity contribution in [1.29, 1.82) is 0 Å². The lowest BCUT2D eigenvalue weighted by molar-refractivity contribution is -0.137. The van der Waals surface area contributed by atoms with E-state index in [0.29, 0.717) is 0 Å². The molecule has 9 heteroatoms. The molecule has 18 heavy (non-hydrogen) atoms. The third kappa shape index (κ3) is 9.60. The number of alkyl carbamates (subject to hydrolysis) is 1. The number of aliphatic carboxylic acids is 1. The monoisotopic (exact) mass is 281 g/mol. The number of amides is 1. The number of carbonyl (C=O) groups excluding carboxylic acids is 1. The fourth-order valence-corrected chi connectivity index (χ4v) is 1.32. The number of carbonyl (C=O) groups is 2. The van der Waals surface area contributed by atoms with Gasteiger partial charge in [0.05, 0.1) is 25.3 Å². The highest BCUT2D eigenvalue weighted by molar-refractivity contribution is 7.85. The molecule has 2 N–H and O–H groups in total. The van der Waals surface area contributed by atoms with Crippen LogP contribution in [0.4, 0.5) is 4.79 Å². The van der Waals surface area contributed by atoms with Crippen molar-refractivity contribution in [1.82, 2.24) is 5.32 Å². The van der Waals surface area contributed by atoms with Crippen LogP contribution in [0.3, 0.4) is 0 Å². The molecule has 0 aliphatic carbocycles. The van der Waals surface area contributed by atoms with E-state index in [0.717, 1.165) is 6.26 Å². The fraction of sp³-hybridized carbons (Fsp3) is 0.556. The summed E-state index contributed by atoms with van der Waals surface area (Å²) in [6.07, 6.45) is 0.788. The molecule has 1 atom stereocenters. The maximum atomic E-state index is 11.1. The first-order chi connectivity index (χ1) is 8.24. The summed E-state index contributed by atoms with van der Waals surface area (Å²) >= 11 is 0. The van der Waals surface area contributed by atoms with Crippen LogP contribution in [0, 0.1) is 0 Å². The minimum atomic E-state index is -3.71. The Bertz CT molecular complexity index is 403. The molecule has 1 amide bonds. The molecule has 0 spiro atoms. The minimum absolute atomic E-state index is 0.0431. The summed E-state index contributed by atoms with van der Waals surface area (Å²) < 4.78 is 30.5. The third-order valence-corrected chi connectivity index (χ3v) is 2.12. The molecule has 0 aromatic heterocycles.